The Morgan fingerprint density at radius 2 is 1.77 bits per heavy atom. The molecule has 1 saturated heterocycles. The van der Waals surface area contributed by atoms with Crippen LogP contribution in [0.25, 0.3) is 0 Å². The first kappa shape index (κ1) is 21.1. The third-order valence-electron chi connectivity index (χ3n) is 3.27. The fraction of sp³-hybridized carbons (Fsp3) is 0.250. The summed E-state index contributed by atoms with van der Waals surface area (Å²) < 4.78 is 5.31. The summed E-state index contributed by atoms with van der Waals surface area (Å²) >= 11 is 0. The van der Waals surface area contributed by atoms with Gasteiger partial charge < -0.3 is 15.8 Å². The second kappa shape index (κ2) is 9.54. The molecule has 5 amide bonds. The van der Waals surface area contributed by atoms with Crippen LogP contribution in [0.2, 0.25) is 0 Å². The third-order valence-corrected chi connectivity index (χ3v) is 3.27. The molecule has 26 heavy (non-hydrogen) atoms. The molecule has 1 aliphatic heterocycles. The molecule has 9 nitrogen and oxygen atoms in total. The average molecular weight is 383 g/mol. The number of carbonyl (C=O) groups excluding carboxylic acids is 4. The van der Waals surface area contributed by atoms with Crippen molar-refractivity contribution < 1.29 is 23.9 Å². The summed E-state index contributed by atoms with van der Waals surface area (Å²) in [6, 6.07) is 5.66. The minimum absolute atomic E-state index is 0. The van der Waals surface area contributed by atoms with Crippen LogP contribution < -0.4 is 15.8 Å². The molecule has 0 radical (unpaired) electrons. The van der Waals surface area contributed by atoms with Crippen LogP contribution >= 0.6 is 12.4 Å². The maximum absolute atomic E-state index is 12.0. The third kappa shape index (κ3) is 4.80. The Hall–Kier alpha value is -2.91. The summed E-state index contributed by atoms with van der Waals surface area (Å²) in [5, 5.41) is 2.54. The number of halogens is 1. The summed E-state index contributed by atoms with van der Waals surface area (Å²) in [4.78, 5) is 48.9. The quantitative estimate of drug-likeness (QED) is 0.380. The number of benzene rings is 1. The van der Waals surface area contributed by atoms with Crippen molar-refractivity contribution in [3.8, 4) is 5.75 Å². The van der Waals surface area contributed by atoms with Crippen molar-refractivity contribution in [3.63, 3.8) is 0 Å². The highest BCUT2D eigenvalue weighted by Crippen LogP contribution is 2.16. The van der Waals surface area contributed by atoms with Crippen LogP contribution in [0.1, 0.15) is 0 Å². The highest BCUT2D eigenvalue weighted by atomic mass is 35.5. The number of carbonyl (C=O) groups is 4. The molecule has 1 fully saturated rings. The molecule has 0 bridgehead atoms. The number of nitrogens with one attached hydrogen (secondary N) is 1. The van der Waals surface area contributed by atoms with Gasteiger partial charge in [0.25, 0.3) is 0 Å². The van der Waals surface area contributed by atoms with Crippen LogP contribution in [-0.2, 0) is 14.4 Å². The lowest BCUT2D eigenvalue weighted by Gasteiger charge is -2.14. The van der Waals surface area contributed by atoms with Crippen molar-refractivity contribution in [3.05, 3.63) is 36.9 Å². The van der Waals surface area contributed by atoms with E-state index in [0.717, 1.165) is 4.90 Å². The number of ether oxygens (including phenoxy) is 1. The van der Waals surface area contributed by atoms with Gasteiger partial charge in [0, 0.05) is 18.8 Å². The van der Waals surface area contributed by atoms with Gasteiger partial charge in [-0.3, -0.25) is 19.3 Å². The first-order valence-corrected chi connectivity index (χ1v) is 7.49. The van der Waals surface area contributed by atoms with E-state index in [1.165, 1.54) is 6.08 Å². The Morgan fingerprint density at radius 3 is 2.35 bits per heavy atom. The van der Waals surface area contributed by atoms with Crippen molar-refractivity contribution in [2.24, 2.45) is 5.73 Å². The molecule has 1 heterocycles. The van der Waals surface area contributed by atoms with Gasteiger partial charge in [-0.15, -0.1) is 19.0 Å². The van der Waals surface area contributed by atoms with Gasteiger partial charge in [0.15, 0.2) is 0 Å². The van der Waals surface area contributed by atoms with Gasteiger partial charge in [-0.1, -0.05) is 6.08 Å². The van der Waals surface area contributed by atoms with Gasteiger partial charge in [-0.05, 0) is 24.3 Å². The maximum atomic E-state index is 12.0. The molecule has 140 valence electrons. The molecule has 10 heteroatoms. The summed E-state index contributed by atoms with van der Waals surface area (Å²) in [5.41, 5.74) is 5.79. The van der Waals surface area contributed by atoms with Crippen molar-refractivity contribution >= 4 is 41.8 Å². The predicted molar refractivity (Wildman–Crippen MR) is 95.9 cm³/mol. The molecule has 0 unspecified atom stereocenters. The van der Waals surface area contributed by atoms with Gasteiger partial charge in [0.05, 0.1) is 0 Å². The second-order valence-electron chi connectivity index (χ2n) is 5.09. The predicted octanol–water partition coefficient (Wildman–Crippen LogP) is 0.361. The maximum Gasteiger partial charge on any atom is 0.335 e. The van der Waals surface area contributed by atoms with Crippen LogP contribution in [0, 0.1) is 0 Å². The Morgan fingerprint density at radius 1 is 1.15 bits per heavy atom. The van der Waals surface area contributed by atoms with Gasteiger partial charge in [0.2, 0.25) is 5.91 Å². The number of hydrogen-bond acceptors (Lipinski definition) is 6. The number of rotatable bonds is 8. The summed E-state index contributed by atoms with van der Waals surface area (Å²) in [6.45, 7) is 3.53. The summed E-state index contributed by atoms with van der Waals surface area (Å²) in [7, 11) is 0. The molecule has 0 saturated carbocycles. The Bertz CT molecular complexity index is 707. The molecule has 0 spiro atoms. The fourth-order valence-electron chi connectivity index (χ4n) is 2.14. The van der Waals surface area contributed by atoms with Gasteiger partial charge in [-0.25, -0.2) is 9.69 Å². The standard InChI is InChI=1S/C16H18N4O5.ClH/c1-2-8-19-14(22)15(23)20(16(19)24)10-13(21)18-11-3-5-12(6-4-11)25-9-7-17;/h2-6H,1,7-10,17H2,(H,18,21);1H. The Balaban J connectivity index is 0.00000338. The Labute approximate surface area is 156 Å². The highest BCUT2D eigenvalue weighted by molar-refractivity contribution is 6.45. The number of nitrogens with two attached hydrogens (primary N) is 1. The number of urea groups is 1. The zero-order valence-electron chi connectivity index (χ0n) is 13.8. The molecule has 1 aromatic rings. The van der Waals surface area contributed by atoms with E-state index in [-0.39, 0.29) is 19.0 Å². The van der Waals surface area contributed by atoms with Crippen molar-refractivity contribution in [1.29, 1.82) is 0 Å². The lowest BCUT2D eigenvalue weighted by molar-refractivity contribution is -0.143. The van der Waals surface area contributed by atoms with Crippen LogP contribution in [0.15, 0.2) is 36.9 Å². The molecule has 0 atom stereocenters. The minimum Gasteiger partial charge on any atom is -0.492 e. The lowest BCUT2D eigenvalue weighted by atomic mass is 10.3. The summed E-state index contributed by atoms with van der Waals surface area (Å²) in [5.74, 6) is -2.02. The molecule has 0 aromatic heterocycles. The molecule has 3 N–H and O–H groups in total. The van der Waals surface area contributed by atoms with E-state index >= 15 is 0 Å². The zero-order chi connectivity index (χ0) is 18.4. The summed E-state index contributed by atoms with van der Waals surface area (Å²) in [6.07, 6.45) is 1.32. The number of hydrogen-bond donors (Lipinski definition) is 2. The van der Waals surface area contributed by atoms with E-state index in [1.807, 2.05) is 0 Å². The van der Waals surface area contributed by atoms with Gasteiger partial charge >= 0.3 is 17.8 Å². The van der Waals surface area contributed by atoms with Crippen LogP contribution in [0.3, 0.4) is 0 Å². The van der Waals surface area contributed by atoms with Crippen molar-refractivity contribution in [1.82, 2.24) is 9.80 Å². The number of anilines is 1. The van der Waals surface area contributed by atoms with Crippen LogP contribution in [0.5, 0.6) is 5.75 Å². The second-order valence-corrected chi connectivity index (χ2v) is 5.09. The number of amides is 5. The number of nitrogens with zero attached hydrogens (tertiary/aromatic N) is 2. The SMILES string of the molecule is C=CCN1C(=O)C(=O)N(CC(=O)Nc2ccc(OCCN)cc2)C1=O.Cl. The zero-order valence-corrected chi connectivity index (χ0v) is 14.7. The first-order chi connectivity index (χ1) is 12.0. The first-order valence-electron chi connectivity index (χ1n) is 7.49. The smallest absolute Gasteiger partial charge is 0.335 e. The molecular formula is C16H19ClN4O5. The molecule has 1 aromatic carbocycles. The average Bonchev–Trinajstić information content (AvgIpc) is 2.79. The fourth-order valence-corrected chi connectivity index (χ4v) is 2.14. The largest absolute Gasteiger partial charge is 0.492 e. The van der Waals surface area contributed by atoms with Crippen LogP contribution in [0.4, 0.5) is 10.5 Å². The highest BCUT2D eigenvalue weighted by Gasteiger charge is 2.44. The van der Waals surface area contributed by atoms with Crippen molar-refractivity contribution in [2.45, 2.75) is 0 Å². The lowest BCUT2D eigenvalue weighted by Crippen LogP contribution is -2.39. The molecule has 0 aliphatic carbocycles. The van der Waals surface area contributed by atoms with E-state index in [1.54, 1.807) is 24.3 Å². The van der Waals surface area contributed by atoms with E-state index in [0.29, 0.717) is 29.5 Å². The topological polar surface area (TPSA) is 122 Å². The Kier molecular flexibility index (Phi) is 7.76. The monoisotopic (exact) mass is 382 g/mol. The van der Waals surface area contributed by atoms with Crippen molar-refractivity contribution in [2.75, 3.05) is 31.6 Å². The van der Waals surface area contributed by atoms with E-state index in [9.17, 15) is 19.2 Å². The van der Waals surface area contributed by atoms with Crippen LogP contribution in [-0.4, -0.2) is 59.8 Å². The molecule has 1 aliphatic rings. The van der Waals surface area contributed by atoms with Gasteiger partial charge in [-0.2, -0.15) is 0 Å². The normalized spacial score (nSPS) is 13.5. The number of imide groups is 2. The molecule has 2 rings (SSSR count). The van der Waals surface area contributed by atoms with E-state index in [4.69, 9.17) is 10.5 Å². The van der Waals surface area contributed by atoms with Gasteiger partial charge in [0.1, 0.15) is 18.9 Å². The van der Waals surface area contributed by atoms with E-state index < -0.39 is 30.3 Å². The van der Waals surface area contributed by atoms with E-state index in [2.05, 4.69) is 11.9 Å². The molecular weight excluding hydrogens is 364 g/mol. The minimum atomic E-state index is -1.03.